The van der Waals surface area contributed by atoms with Crippen LogP contribution in [0.25, 0.3) is 0 Å². The summed E-state index contributed by atoms with van der Waals surface area (Å²) in [6.45, 7) is 5.70. The van der Waals surface area contributed by atoms with Crippen LogP contribution in [0.2, 0.25) is 0 Å². The summed E-state index contributed by atoms with van der Waals surface area (Å²) in [5.41, 5.74) is 4.89. The monoisotopic (exact) mass is 330 g/mol. The van der Waals surface area contributed by atoms with Crippen LogP contribution in [0.5, 0.6) is 0 Å². The van der Waals surface area contributed by atoms with Crippen molar-refractivity contribution >= 4 is 11.8 Å². The predicted octanol–water partition coefficient (Wildman–Crippen LogP) is 2.80. The second kappa shape index (κ2) is 8.64. The first kappa shape index (κ1) is 18.2. The number of carbonyl (C=O) groups is 2. The van der Waals surface area contributed by atoms with Crippen molar-refractivity contribution in [3.63, 3.8) is 0 Å². The summed E-state index contributed by atoms with van der Waals surface area (Å²) in [5.74, 6) is 0.0848. The Hall–Kier alpha value is -2.14. The van der Waals surface area contributed by atoms with Crippen molar-refractivity contribution in [3.8, 4) is 0 Å². The van der Waals surface area contributed by atoms with Gasteiger partial charge < -0.3 is 4.90 Å². The van der Waals surface area contributed by atoms with Crippen LogP contribution < -0.4 is 5.48 Å². The number of carbonyl (C=O) groups excluding carboxylic acids is 2. The summed E-state index contributed by atoms with van der Waals surface area (Å²) in [5, 5.41) is 8.48. The van der Waals surface area contributed by atoms with Crippen LogP contribution in [0.3, 0.4) is 0 Å². The van der Waals surface area contributed by atoms with Crippen LogP contribution in [0.15, 0.2) is 35.9 Å². The largest absolute Gasteiger partial charge is 0.335 e. The van der Waals surface area contributed by atoms with Crippen molar-refractivity contribution < 1.29 is 14.8 Å². The molecule has 0 saturated heterocycles. The molecule has 0 aliphatic carbocycles. The van der Waals surface area contributed by atoms with Gasteiger partial charge in [0.05, 0.1) is 0 Å². The summed E-state index contributed by atoms with van der Waals surface area (Å²) < 4.78 is 0. The first-order valence-electron chi connectivity index (χ1n) is 8.51. The molecule has 1 aliphatic rings. The van der Waals surface area contributed by atoms with Crippen LogP contribution in [-0.4, -0.2) is 35.0 Å². The molecule has 0 bridgehead atoms. The zero-order chi connectivity index (χ0) is 17.5. The molecule has 2 amide bonds. The molecule has 1 heterocycles. The first-order chi connectivity index (χ1) is 11.5. The minimum absolute atomic E-state index is 0.0101. The summed E-state index contributed by atoms with van der Waals surface area (Å²) >= 11 is 0. The molecule has 5 heteroatoms. The number of hydrogen-bond acceptors (Lipinski definition) is 3. The van der Waals surface area contributed by atoms with E-state index < -0.39 is 5.91 Å². The summed E-state index contributed by atoms with van der Waals surface area (Å²) in [7, 11) is 0. The third-order valence-electron chi connectivity index (χ3n) is 4.41. The predicted molar refractivity (Wildman–Crippen MR) is 92.7 cm³/mol. The smallest absolute Gasteiger partial charge is 0.249 e. The highest BCUT2D eigenvalue weighted by Gasteiger charge is 2.23. The highest BCUT2D eigenvalue weighted by atomic mass is 16.5. The molecule has 2 N–H and O–H groups in total. The quantitative estimate of drug-likeness (QED) is 0.569. The number of hydrogen-bond donors (Lipinski definition) is 2. The second-order valence-corrected chi connectivity index (χ2v) is 6.52. The lowest BCUT2D eigenvalue weighted by Gasteiger charge is -2.16. The molecule has 0 spiro atoms. The zero-order valence-electron chi connectivity index (χ0n) is 14.4. The molecule has 130 valence electrons. The Balaban J connectivity index is 1.73. The van der Waals surface area contributed by atoms with E-state index in [0.29, 0.717) is 24.5 Å². The van der Waals surface area contributed by atoms with E-state index in [4.69, 9.17) is 5.21 Å². The topological polar surface area (TPSA) is 69.6 Å². The average molecular weight is 330 g/mol. The van der Waals surface area contributed by atoms with Gasteiger partial charge >= 0.3 is 0 Å². The van der Waals surface area contributed by atoms with Gasteiger partial charge in [0.25, 0.3) is 0 Å². The maximum Gasteiger partial charge on any atom is 0.249 e. The number of amides is 2. The van der Waals surface area contributed by atoms with Gasteiger partial charge in [-0.1, -0.05) is 44.2 Å². The summed E-state index contributed by atoms with van der Waals surface area (Å²) in [6.07, 6.45) is 4.25. The fourth-order valence-electron chi connectivity index (χ4n) is 2.84. The minimum atomic E-state index is -0.466. The van der Waals surface area contributed by atoms with Crippen LogP contribution in [-0.2, 0) is 16.0 Å². The van der Waals surface area contributed by atoms with Crippen LogP contribution >= 0.6 is 0 Å². The Bertz CT molecular complexity index is 606. The normalized spacial score (nSPS) is 14.2. The SMILES string of the molecule is CC(C)c1ccc(CCCN2CC=C(CCC(=O)NO)C2=O)cc1. The Kier molecular flexibility index (Phi) is 6.55. The third-order valence-corrected chi connectivity index (χ3v) is 4.41. The molecule has 1 aromatic carbocycles. The second-order valence-electron chi connectivity index (χ2n) is 6.52. The molecule has 24 heavy (non-hydrogen) atoms. The lowest BCUT2D eigenvalue weighted by atomic mass is 10.0. The van der Waals surface area contributed by atoms with Gasteiger partial charge in [-0.15, -0.1) is 0 Å². The molecular weight excluding hydrogens is 304 g/mol. The van der Waals surface area contributed by atoms with Gasteiger partial charge in [0.15, 0.2) is 0 Å². The van der Waals surface area contributed by atoms with Gasteiger partial charge in [-0.2, -0.15) is 0 Å². The molecule has 0 aromatic heterocycles. The van der Waals surface area contributed by atoms with Gasteiger partial charge in [-0.05, 0) is 36.3 Å². The number of nitrogens with zero attached hydrogens (tertiary/aromatic N) is 1. The van der Waals surface area contributed by atoms with Crippen molar-refractivity contribution in [2.75, 3.05) is 13.1 Å². The fourth-order valence-corrected chi connectivity index (χ4v) is 2.84. The van der Waals surface area contributed by atoms with E-state index in [9.17, 15) is 9.59 Å². The van der Waals surface area contributed by atoms with Gasteiger partial charge in [0, 0.05) is 25.1 Å². The van der Waals surface area contributed by atoms with E-state index in [0.717, 1.165) is 19.4 Å². The van der Waals surface area contributed by atoms with Crippen molar-refractivity contribution in [2.45, 2.75) is 45.4 Å². The molecule has 0 atom stereocenters. The molecule has 1 aromatic rings. The number of aryl methyl sites for hydroxylation is 1. The van der Waals surface area contributed by atoms with Crippen LogP contribution in [0.1, 0.15) is 50.2 Å². The number of nitrogens with one attached hydrogen (secondary N) is 1. The number of rotatable bonds is 8. The summed E-state index contributed by atoms with van der Waals surface area (Å²) in [4.78, 5) is 25.1. The maximum absolute atomic E-state index is 12.2. The van der Waals surface area contributed by atoms with E-state index in [1.807, 2.05) is 11.0 Å². The Labute approximate surface area is 143 Å². The van der Waals surface area contributed by atoms with Gasteiger partial charge in [-0.3, -0.25) is 14.8 Å². The van der Waals surface area contributed by atoms with E-state index >= 15 is 0 Å². The van der Waals surface area contributed by atoms with Crippen molar-refractivity contribution in [1.29, 1.82) is 0 Å². The number of hydroxylamine groups is 1. The first-order valence-corrected chi connectivity index (χ1v) is 8.51. The molecule has 0 unspecified atom stereocenters. The van der Waals surface area contributed by atoms with Crippen molar-refractivity contribution in [1.82, 2.24) is 10.4 Å². The third kappa shape index (κ3) is 4.93. The highest BCUT2D eigenvalue weighted by molar-refractivity contribution is 5.96. The lowest BCUT2D eigenvalue weighted by molar-refractivity contribution is -0.129. The van der Waals surface area contributed by atoms with Gasteiger partial charge in [0.1, 0.15) is 0 Å². The molecule has 0 saturated carbocycles. The molecular formula is C19H26N2O3. The summed E-state index contributed by atoms with van der Waals surface area (Å²) in [6, 6.07) is 8.68. The average Bonchev–Trinajstić information content (AvgIpc) is 2.93. The van der Waals surface area contributed by atoms with E-state index in [1.54, 1.807) is 5.48 Å². The lowest BCUT2D eigenvalue weighted by Crippen LogP contribution is -2.28. The molecule has 1 aliphatic heterocycles. The molecule has 5 nitrogen and oxygen atoms in total. The molecule has 2 rings (SSSR count). The molecule has 0 radical (unpaired) electrons. The Morgan fingerprint density at radius 3 is 2.58 bits per heavy atom. The van der Waals surface area contributed by atoms with E-state index in [1.165, 1.54) is 11.1 Å². The van der Waals surface area contributed by atoms with Crippen LogP contribution in [0, 0.1) is 0 Å². The zero-order valence-corrected chi connectivity index (χ0v) is 14.4. The van der Waals surface area contributed by atoms with Gasteiger partial charge in [0.2, 0.25) is 11.8 Å². The Morgan fingerprint density at radius 1 is 1.25 bits per heavy atom. The Morgan fingerprint density at radius 2 is 1.96 bits per heavy atom. The number of benzene rings is 1. The fraction of sp³-hybridized carbons (Fsp3) is 0.474. The standard InChI is InChI=1S/C19H26N2O3/c1-14(2)16-7-5-15(6-8-16)4-3-12-21-13-11-17(19(21)23)9-10-18(22)20-24/h5-8,11,14,24H,3-4,9-10,12-13H2,1-2H3,(H,20,22). The van der Waals surface area contributed by atoms with Crippen molar-refractivity contribution in [3.05, 3.63) is 47.0 Å². The van der Waals surface area contributed by atoms with E-state index in [-0.39, 0.29) is 12.3 Å². The van der Waals surface area contributed by atoms with E-state index in [2.05, 4.69) is 38.1 Å². The van der Waals surface area contributed by atoms with Crippen LogP contribution in [0.4, 0.5) is 0 Å². The maximum atomic E-state index is 12.2. The molecule has 0 fully saturated rings. The van der Waals surface area contributed by atoms with Crippen molar-refractivity contribution in [2.24, 2.45) is 0 Å². The highest BCUT2D eigenvalue weighted by Crippen LogP contribution is 2.18. The van der Waals surface area contributed by atoms with Gasteiger partial charge in [-0.25, -0.2) is 5.48 Å². The minimum Gasteiger partial charge on any atom is -0.335 e.